The Balaban J connectivity index is 2.76. The summed E-state index contributed by atoms with van der Waals surface area (Å²) < 4.78 is 16.0. The molecular weight excluding hydrogens is 278 g/mol. The molecule has 0 bridgehead atoms. The summed E-state index contributed by atoms with van der Waals surface area (Å²) in [5, 5.41) is 20.1. The van der Waals surface area contributed by atoms with Crippen molar-refractivity contribution < 1.29 is 24.2 Å². The van der Waals surface area contributed by atoms with Crippen molar-refractivity contribution >= 4 is 5.69 Å². The molecule has 0 aliphatic rings. The highest BCUT2D eigenvalue weighted by Crippen LogP contribution is 2.34. The molecule has 0 aliphatic carbocycles. The van der Waals surface area contributed by atoms with Crippen LogP contribution in [0.3, 0.4) is 0 Å². The smallest absolute Gasteiger partial charge is 0.278 e. The zero-order valence-corrected chi connectivity index (χ0v) is 12.5. The summed E-state index contributed by atoms with van der Waals surface area (Å²) in [4.78, 5) is 10.4. The minimum absolute atomic E-state index is 0.181. The number of rotatable bonds is 9. The summed E-state index contributed by atoms with van der Waals surface area (Å²) in [5.41, 5.74) is -0.0170. The summed E-state index contributed by atoms with van der Waals surface area (Å²) >= 11 is 0. The highest BCUT2D eigenvalue weighted by Gasteiger charge is 2.19. The van der Waals surface area contributed by atoms with Gasteiger partial charge in [0.15, 0.2) is 11.5 Å². The molecular formula is C14H21NO6. The van der Waals surface area contributed by atoms with Crippen molar-refractivity contribution in [2.75, 3.05) is 26.9 Å². The maximum absolute atomic E-state index is 11.0. The number of aliphatic hydroxyl groups is 1. The molecule has 21 heavy (non-hydrogen) atoms. The second-order valence-electron chi connectivity index (χ2n) is 4.86. The number of ether oxygens (including phenoxy) is 3. The summed E-state index contributed by atoms with van der Waals surface area (Å²) in [7, 11) is 1.43. The average Bonchev–Trinajstić information content (AvgIpc) is 2.45. The molecule has 0 saturated heterocycles. The molecule has 0 heterocycles. The summed E-state index contributed by atoms with van der Waals surface area (Å²) in [6.07, 6.45) is 0. The molecule has 0 radical (unpaired) electrons. The first-order valence-electron chi connectivity index (χ1n) is 6.66. The van der Waals surface area contributed by atoms with Crippen LogP contribution in [0.1, 0.15) is 19.4 Å². The van der Waals surface area contributed by atoms with Crippen molar-refractivity contribution in [3.05, 3.63) is 27.8 Å². The van der Waals surface area contributed by atoms with E-state index >= 15 is 0 Å². The number of aliphatic hydroxyl groups excluding tert-OH is 1. The molecule has 0 fully saturated rings. The number of hydrogen-bond donors (Lipinski definition) is 1. The van der Waals surface area contributed by atoms with Gasteiger partial charge in [0, 0.05) is 6.61 Å². The van der Waals surface area contributed by atoms with Crippen LogP contribution in [0.25, 0.3) is 0 Å². The van der Waals surface area contributed by atoms with Crippen molar-refractivity contribution in [2.45, 2.75) is 20.5 Å². The standard InChI is InChI=1S/C14H21NO6/c1-10(2)9-20-4-5-21-14-7-12(15(17)18)11(8-16)6-13(14)19-3/h6-7,10,16H,4-5,8-9H2,1-3H3. The van der Waals surface area contributed by atoms with Gasteiger partial charge < -0.3 is 19.3 Å². The van der Waals surface area contributed by atoms with Crippen molar-refractivity contribution in [2.24, 2.45) is 5.92 Å². The van der Waals surface area contributed by atoms with Gasteiger partial charge in [0.05, 0.1) is 36.9 Å². The molecule has 1 N–H and O–H groups in total. The van der Waals surface area contributed by atoms with Gasteiger partial charge >= 0.3 is 0 Å². The molecule has 0 spiro atoms. The predicted octanol–water partition coefficient (Wildman–Crippen LogP) is 2.15. The largest absolute Gasteiger partial charge is 0.493 e. The Morgan fingerprint density at radius 3 is 2.52 bits per heavy atom. The van der Waals surface area contributed by atoms with Gasteiger partial charge in [0.1, 0.15) is 6.61 Å². The summed E-state index contributed by atoms with van der Waals surface area (Å²) in [6.45, 7) is 4.92. The van der Waals surface area contributed by atoms with E-state index in [1.54, 1.807) is 0 Å². The summed E-state index contributed by atoms with van der Waals surface area (Å²) in [6, 6.07) is 2.66. The fourth-order valence-electron chi connectivity index (χ4n) is 1.69. The quantitative estimate of drug-likeness (QED) is 0.427. The third kappa shape index (κ3) is 5.20. The van der Waals surface area contributed by atoms with Crippen molar-refractivity contribution in [3.8, 4) is 11.5 Å². The minimum atomic E-state index is -0.562. The van der Waals surface area contributed by atoms with Crippen molar-refractivity contribution in [1.29, 1.82) is 0 Å². The Kier molecular flexibility index (Phi) is 6.90. The fraction of sp³-hybridized carbons (Fsp3) is 0.571. The van der Waals surface area contributed by atoms with Crippen LogP contribution in [0.5, 0.6) is 11.5 Å². The highest BCUT2D eigenvalue weighted by molar-refractivity contribution is 5.54. The maximum Gasteiger partial charge on any atom is 0.278 e. The molecule has 0 unspecified atom stereocenters. The van der Waals surface area contributed by atoms with Gasteiger partial charge in [-0.1, -0.05) is 13.8 Å². The summed E-state index contributed by atoms with van der Waals surface area (Å²) in [5.74, 6) is 1.03. The molecule has 7 heteroatoms. The topological polar surface area (TPSA) is 91.1 Å². The number of nitrogens with zero attached hydrogens (tertiary/aromatic N) is 1. The molecule has 0 aliphatic heterocycles. The lowest BCUT2D eigenvalue weighted by Crippen LogP contribution is -2.11. The molecule has 0 atom stereocenters. The van der Waals surface area contributed by atoms with Gasteiger partial charge in [-0.3, -0.25) is 10.1 Å². The molecule has 0 amide bonds. The molecule has 1 aromatic carbocycles. The first-order valence-corrected chi connectivity index (χ1v) is 6.66. The molecule has 7 nitrogen and oxygen atoms in total. The van der Waals surface area contributed by atoms with E-state index in [1.165, 1.54) is 19.2 Å². The first kappa shape index (κ1) is 17.2. The normalized spacial score (nSPS) is 10.7. The van der Waals surface area contributed by atoms with Crippen LogP contribution in [-0.4, -0.2) is 37.0 Å². The van der Waals surface area contributed by atoms with Crippen LogP contribution < -0.4 is 9.47 Å². The molecule has 0 aromatic heterocycles. The highest BCUT2D eigenvalue weighted by atomic mass is 16.6. The fourth-order valence-corrected chi connectivity index (χ4v) is 1.69. The lowest BCUT2D eigenvalue weighted by atomic mass is 10.1. The molecule has 1 aromatic rings. The van der Waals surface area contributed by atoms with E-state index in [0.717, 1.165) is 0 Å². The molecule has 1 rings (SSSR count). The number of nitro benzene ring substituents is 1. The predicted molar refractivity (Wildman–Crippen MR) is 76.7 cm³/mol. The van der Waals surface area contributed by atoms with Crippen LogP contribution in [0.15, 0.2) is 12.1 Å². The third-order valence-corrected chi connectivity index (χ3v) is 2.67. The second kappa shape index (κ2) is 8.43. The SMILES string of the molecule is COc1cc(CO)c([N+](=O)[O-])cc1OCCOCC(C)C. The third-order valence-electron chi connectivity index (χ3n) is 2.67. The van der Waals surface area contributed by atoms with Crippen molar-refractivity contribution in [1.82, 2.24) is 0 Å². The van der Waals surface area contributed by atoms with E-state index in [-0.39, 0.29) is 23.6 Å². The van der Waals surface area contributed by atoms with E-state index in [0.29, 0.717) is 24.9 Å². The van der Waals surface area contributed by atoms with Crippen LogP contribution in [-0.2, 0) is 11.3 Å². The monoisotopic (exact) mass is 299 g/mol. The van der Waals surface area contributed by atoms with Crippen LogP contribution >= 0.6 is 0 Å². The van der Waals surface area contributed by atoms with Gasteiger partial charge in [-0.15, -0.1) is 0 Å². The van der Waals surface area contributed by atoms with E-state index in [9.17, 15) is 10.1 Å². The maximum atomic E-state index is 11.0. The Bertz CT molecular complexity index is 475. The molecule has 0 saturated carbocycles. The van der Waals surface area contributed by atoms with Gasteiger partial charge in [-0.05, 0) is 12.0 Å². The van der Waals surface area contributed by atoms with Crippen LogP contribution in [0, 0.1) is 16.0 Å². The number of benzene rings is 1. The minimum Gasteiger partial charge on any atom is -0.493 e. The lowest BCUT2D eigenvalue weighted by molar-refractivity contribution is -0.385. The zero-order chi connectivity index (χ0) is 15.8. The van der Waals surface area contributed by atoms with Gasteiger partial charge in [0.25, 0.3) is 5.69 Å². The molecule has 118 valence electrons. The average molecular weight is 299 g/mol. The Labute approximate surface area is 123 Å². The van der Waals surface area contributed by atoms with Gasteiger partial charge in [-0.25, -0.2) is 0 Å². The van der Waals surface area contributed by atoms with Crippen LogP contribution in [0.2, 0.25) is 0 Å². The number of hydrogen-bond acceptors (Lipinski definition) is 6. The number of methoxy groups -OCH3 is 1. The Morgan fingerprint density at radius 2 is 2.00 bits per heavy atom. The van der Waals surface area contributed by atoms with E-state index in [2.05, 4.69) is 0 Å². The number of nitro groups is 1. The Morgan fingerprint density at radius 1 is 1.29 bits per heavy atom. The van der Waals surface area contributed by atoms with Crippen molar-refractivity contribution in [3.63, 3.8) is 0 Å². The van der Waals surface area contributed by atoms with E-state index in [1.807, 2.05) is 13.8 Å². The first-order chi connectivity index (χ1) is 9.99. The van der Waals surface area contributed by atoms with E-state index in [4.69, 9.17) is 19.3 Å². The van der Waals surface area contributed by atoms with E-state index < -0.39 is 11.5 Å². The van der Waals surface area contributed by atoms with Gasteiger partial charge in [-0.2, -0.15) is 0 Å². The lowest BCUT2D eigenvalue weighted by Gasteiger charge is -2.13. The van der Waals surface area contributed by atoms with Crippen LogP contribution in [0.4, 0.5) is 5.69 Å². The van der Waals surface area contributed by atoms with Gasteiger partial charge in [0.2, 0.25) is 0 Å². The Hall–Kier alpha value is -1.86. The zero-order valence-electron chi connectivity index (χ0n) is 12.5. The second-order valence-corrected chi connectivity index (χ2v) is 4.86.